The number of rotatable bonds is 12. The molecule has 206 valence electrons. The van der Waals surface area contributed by atoms with Gasteiger partial charge in [-0.3, -0.25) is 4.79 Å². The number of aromatic carboxylic acids is 1. The Morgan fingerprint density at radius 1 is 0.923 bits per heavy atom. The number of carbonyl (C=O) groups is 2. The molecule has 3 heterocycles. The summed E-state index contributed by atoms with van der Waals surface area (Å²) in [6, 6.07) is 14.8. The van der Waals surface area contributed by atoms with Crippen LogP contribution in [0.3, 0.4) is 0 Å². The molecule has 2 unspecified atom stereocenters. The van der Waals surface area contributed by atoms with Gasteiger partial charge in [0.1, 0.15) is 11.6 Å². The van der Waals surface area contributed by atoms with E-state index >= 15 is 0 Å². The molecule has 0 amide bonds. The van der Waals surface area contributed by atoms with Crippen LogP contribution in [0.25, 0.3) is 0 Å². The number of aliphatic carboxylic acids is 1. The largest absolute Gasteiger partial charge is 0.481 e. The molecule has 0 bridgehead atoms. The molecule has 4 N–H and O–H groups in total. The normalized spacial score (nSPS) is 17.1. The van der Waals surface area contributed by atoms with Crippen LogP contribution in [0, 0.1) is 5.92 Å². The van der Waals surface area contributed by atoms with Gasteiger partial charge in [-0.25, -0.2) is 14.8 Å². The van der Waals surface area contributed by atoms with Gasteiger partial charge in [0.05, 0.1) is 11.5 Å². The highest BCUT2D eigenvalue weighted by Crippen LogP contribution is 2.29. The molecule has 10 nitrogen and oxygen atoms in total. The van der Waals surface area contributed by atoms with E-state index in [1.165, 1.54) is 0 Å². The lowest BCUT2D eigenvalue weighted by Gasteiger charge is -2.41. The lowest BCUT2D eigenvalue weighted by molar-refractivity contribution is -0.142. The van der Waals surface area contributed by atoms with Crippen LogP contribution in [-0.2, 0) is 24.4 Å². The lowest BCUT2D eigenvalue weighted by Crippen LogP contribution is -2.50. The van der Waals surface area contributed by atoms with Crippen LogP contribution in [0.1, 0.15) is 39.9 Å². The topological polar surface area (TPSA) is 131 Å². The average Bonchev–Trinajstić information content (AvgIpc) is 2.94. The van der Waals surface area contributed by atoms with Crippen LogP contribution in [0.5, 0.6) is 0 Å². The predicted octanol–water partition coefficient (Wildman–Crippen LogP) is 2.99. The molecule has 0 radical (unpaired) electrons. The van der Waals surface area contributed by atoms with Crippen molar-refractivity contribution in [3.8, 4) is 0 Å². The minimum absolute atomic E-state index is 0.112. The first-order valence-electron chi connectivity index (χ1n) is 13.1. The molecule has 2 atom stereocenters. The number of nitrogens with zero attached hydrogens (tertiary/aromatic N) is 4. The molecule has 1 aliphatic rings. The van der Waals surface area contributed by atoms with Crippen molar-refractivity contribution in [3.63, 3.8) is 0 Å². The summed E-state index contributed by atoms with van der Waals surface area (Å²) in [6.07, 6.45) is 4.74. The summed E-state index contributed by atoms with van der Waals surface area (Å²) in [5.41, 5.74) is 3.31. The van der Waals surface area contributed by atoms with E-state index < -0.39 is 17.9 Å². The van der Waals surface area contributed by atoms with Gasteiger partial charge in [0.15, 0.2) is 0 Å². The SMILES string of the molecule is CNCc1ccc(N(Cc2ccc(C(=O)O)cc2)CC2CC(C(=O)O)CCN2c2ccc(CNC)cn2)nc1. The van der Waals surface area contributed by atoms with Gasteiger partial charge in [-0.2, -0.15) is 0 Å². The molecule has 0 aliphatic carbocycles. The third-order valence-electron chi connectivity index (χ3n) is 7.07. The molecular weight excluding hydrogens is 496 g/mol. The standard InChI is InChI=1S/C29H36N6O4/c1-30-14-21-5-9-26(32-16-21)34(18-20-3-7-23(8-4-20)28(36)37)19-25-13-24(29(38)39)11-12-35(25)27-10-6-22(15-31-2)17-33-27/h3-10,16-17,24-25,30-31H,11-15,18-19H2,1-2H3,(H,36,37)(H,38,39). The van der Waals surface area contributed by atoms with Crippen molar-refractivity contribution in [2.45, 2.75) is 38.5 Å². The summed E-state index contributed by atoms with van der Waals surface area (Å²) in [5, 5.41) is 25.4. The maximum atomic E-state index is 12.0. The van der Waals surface area contributed by atoms with Gasteiger partial charge in [0.2, 0.25) is 0 Å². The zero-order valence-electron chi connectivity index (χ0n) is 22.4. The average molecular weight is 533 g/mol. The molecule has 1 saturated heterocycles. The molecule has 10 heteroatoms. The van der Waals surface area contributed by atoms with Gasteiger partial charge >= 0.3 is 11.9 Å². The van der Waals surface area contributed by atoms with E-state index in [1.807, 2.05) is 62.9 Å². The zero-order chi connectivity index (χ0) is 27.8. The first kappa shape index (κ1) is 28.0. The third kappa shape index (κ3) is 7.30. The van der Waals surface area contributed by atoms with E-state index in [2.05, 4.69) is 20.4 Å². The Kier molecular flexibility index (Phi) is 9.45. The summed E-state index contributed by atoms with van der Waals surface area (Å²) in [5.74, 6) is -0.579. The molecule has 0 spiro atoms. The fraction of sp³-hybridized carbons (Fsp3) is 0.379. The number of hydrogen-bond donors (Lipinski definition) is 4. The summed E-state index contributed by atoms with van der Waals surface area (Å²) in [4.78, 5) is 37.1. The predicted molar refractivity (Wildman–Crippen MR) is 150 cm³/mol. The number of carboxylic acids is 2. The van der Waals surface area contributed by atoms with Crippen molar-refractivity contribution in [2.24, 2.45) is 5.92 Å². The highest BCUT2D eigenvalue weighted by molar-refractivity contribution is 5.87. The van der Waals surface area contributed by atoms with Crippen LogP contribution in [-0.4, -0.2) is 65.3 Å². The molecule has 4 rings (SSSR count). The number of piperidine rings is 1. The van der Waals surface area contributed by atoms with E-state index in [0.29, 0.717) is 39.0 Å². The molecule has 2 aromatic heterocycles. The molecule has 1 fully saturated rings. The van der Waals surface area contributed by atoms with Crippen molar-refractivity contribution in [1.29, 1.82) is 0 Å². The van der Waals surface area contributed by atoms with Crippen molar-refractivity contribution in [2.75, 3.05) is 37.0 Å². The van der Waals surface area contributed by atoms with Crippen LogP contribution >= 0.6 is 0 Å². The molecule has 0 saturated carbocycles. The lowest BCUT2D eigenvalue weighted by atomic mass is 9.90. The zero-order valence-corrected chi connectivity index (χ0v) is 22.4. The second-order valence-electron chi connectivity index (χ2n) is 9.90. The van der Waals surface area contributed by atoms with Gasteiger partial charge < -0.3 is 30.6 Å². The number of aromatic nitrogens is 2. The van der Waals surface area contributed by atoms with Gasteiger partial charge in [0.25, 0.3) is 0 Å². The van der Waals surface area contributed by atoms with E-state index in [0.717, 1.165) is 34.9 Å². The van der Waals surface area contributed by atoms with Crippen LogP contribution in [0.2, 0.25) is 0 Å². The fourth-order valence-corrected chi connectivity index (χ4v) is 5.02. The number of carboxylic acid groups (broad SMARTS) is 2. The highest BCUT2D eigenvalue weighted by atomic mass is 16.4. The molecule has 1 aliphatic heterocycles. The first-order valence-corrected chi connectivity index (χ1v) is 13.1. The summed E-state index contributed by atoms with van der Waals surface area (Å²) >= 11 is 0. The Morgan fingerprint density at radius 3 is 2.10 bits per heavy atom. The number of nitrogens with one attached hydrogen (secondary N) is 2. The molecule has 1 aromatic carbocycles. The van der Waals surface area contributed by atoms with E-state index in [9.17, 15) is 19.8 Å². The van der Waals surface area contributed by atoms with Crippen molar-refractivity contribution < 1.29 is 19.8 Å². The summed E-state index contributed by atoms with van der Waals surface area (Å²) < 4.78 is 0. The third-order valence-corrected chi connectivity index (χ3v) is 7.07. The number of anilines is 2. The first-order chi connectivity index (χ1) is 18.9. The Labute approximate surface area is 228 Å². The van der Waals surface area contributed by atoms with E-state index in [4.69, 9.17) is 9.97 Å². The second-order valence-corrected chi connectivity index (χ2v) is 9.90. The highest BCUT2D eigenvalue weighted by Gasteiger charge is 2.34. The number of pyridine rings is 2. The minimum atomic E-state index is -0.967. The van der Waals surface area contributed by atoms with Crippen molar-refractivity contribution >= 4 is 23.6 Å². The van der Waals surface area contributed by atoms with E-state index in [-0.39, 0.29) is 11.6 Å². The Hall–Kier alpha value is -4.02. The summed E-state index contributed by atoms with van der Waals surface area (Å²) in [6.45, 7) is 3.05. The minimum Gasteiger partial charge on any atom is -0.481 e. The quantitative estimate of drug-likeness (QED) is 0.276. The maximum Gasteiger partial charge on any atom is 0.335 e. The molecule has 3 aromatic rings. The number of hydrogen-bond acceptors (Lipinski definition) is 8. The van der Waals surface area contributed by atoms with Gasteiger partial charge in [-0.05, 0) is 67.9 Å². The van der Waals surface area contributed by atoms with Crippen LogP contribution < -0.4 is 20.4 Å². The van der Waals surface area contributed by atoms with Crippen LogP contribution in [0.4, 0.5) is 11.6 Å². The van der Waals surface area contributed by atoms with E-state index in [1.54, 1.807) is 12.1 Å². The van der Waals surface area contributed by atoms with Crippen LogP contribution in [0.15, 0.2) is 60.9 Å². The van der Waals surface area contributed by atoms with Crippen molar-refractivity contribution in [1.82, 2.24) is 20.6 Å². The smallest absolute Gasteiger partial charge is 0.335 e. The Bertz CT molecular complexity index is 1230. The fourth-order valence-electron chi connectivity index (χ4n) is 5.02. The van der Waals surface area contributed by atoms with Gasteiger partial charge in [0, 0.05) is 51.2 Å². The summed E-state index contributed by atoms with van der Waals surface area (Å²) in [7, 11) is 3.78. The van der Waals surface area contributed by atoms with Crippen molar-refractivity contribution in [3.05, 3.63) is 83.2 Å². The Morgan fingerprint density at radius 2 is 1.56 bits per heavy atom. The van der Waals surface area contributed by atoms with Gasteiger partial charge in [-0.15, -0.1) is 0 Å². The maximum absolute atomic E-state index is 12.0. The van der Waals surface area contributed by atoms with Gasteiger partial charge in [-0.1, -0.05) is 24.3 Å². The molecule has 39 heavy (non-hydrogen) atoms. The Balaban J connectivity index is 1.64. The molecular formula is C29H36N6O4. The monoisotopic (exact) mass is 532 g/mol. The number of benzene rings is 1. The second kappa shape index (κ2) is 13.2.